The van der Waals surface area contributed by atoms with Crippen LogP contribution >= 0.6 is 34.5 Å². The van der Waals surface area contributed by atoms with Crippen molar-refractivity contribution in [3.05, 3.63) is 63.5 Å². The number of thiazole rings is 1. The third-order valence-corrected chi connectivity index (χ3v) is 5.89. The first-order valence-corrected chi connectivity index (χ1v) is 10.8. The van der Waals surface area contributed by atoms with Gasteiger partial charge in [0.1, 0.15) is 0 Å². The maximum atomic E-state index is 12.4. The van der Waals surface area contributed by atoms with E-state index < -0.39 is 15.7 Å². The van der Waals surface area contributed by atoms with Gasteiger partial charge < -0.3 is 0 Å². The number of rotatable bonds is 4. The molecule has 0 unspecified atom stereocenters. The summed E-state index contributed by atoms with van der Waals surface area (Å²) in [6, 6.07) is 10.9. The summed E-state index contributed by atoms with van der Waals surface area (Å²) >= 11 is 13.4. The summed E-state index contributed by atoms with van der Waals surface area (Å²) < 4.78 is 23.2. The number of nitrogens with zero attached hydrogens (tertiary/aromatic N) is 1. The molecule has 0 fully saturated rings. The van der Waals surface area contributed by atoms with Crippen LogP contribution in [0.15, 0.2) is 52.7 Å². The molecule has 1 aromatic heterocycles. The normalized spacial score (nSPS) is 11.3. The highest BCUT2D eigenvalue weighted by molar-refractivity contribution is 7.90. The van der Waals surface area contributed by atoms with E-state index in [1.54, 1.807) is 23.6 Å². The molecule has 0 atom stereocenters. The lowest BCUT2D eigenvalue weighted by Crippen LogP contribution is -2.12. The van der Waals surface area contributed by atoms with Crippen molar-refractivity contribution in [2.45, 2.75) is 4.90 Å². The topological polar surface area (TPSA) is 76.1 Å². The molecule has 0 aliphatic carbocycles. The number of carbonyl (C=O) groups is 1. The maximum absolute atomic E-state index is 12.4. The predicted octanol–water partition coefficient (Wildman–Crippen LogP) is 4.77. The number of benzene rings is 2. The van der Waals surface area contributed by atoms with E-state index >= 15 is 0 Å². The zero-order valence-corrected chi connectivity index (χ0v) is 16.5. The van der Waals surface area contributed by atoms with E-state index in [9.17, 15) is 13.2 Å². The van der Waals surface area contributed by atoms with Crippen LogP contribution in [0.3, 0.4) is 0 Å². The molecule has 2 aromatic carbocycles. The first-order chi connectivity index (χ1) is 12.2. The highest BCUT2D eigenvalue weighted by Crippen LogP contribution is 2.32. The summed E-state index contributed by atoms with van der Waals surface area (Å²) in [6.45, 7) is 0. The zero-order valence-electron chi connectivity index (χ0n) is 13.4. The smallest absolute Gasteiger partial charge is 0.257 e. The molecule has 0 aliphatic heterocycles. The van der Waals surface area contributed by atoms with Crippen molar-refractivity contribution in [1.82, 2.24) is 4.98 Å². The van der Waals surface area contributed by atoms with Gasteiger partial charge in [-0.25, -0.2) is 13.4 Å². The van der Waals surface area contributed by atoms with Gasteiger partial charge in [-0.05, 0) is 36.4 Å². The van der Waals surface area contributed by atoms with Gasteiger partial charge in [0, 0.05) is 27.8 Å². The Balaban J connectivity index is 1.83. The lowest BCUT2D eigenvalue weighted by atomic mass is 10.2. The van der Waals surface area contributed by atoms with Crippen LogP contribution in [-0.2, 0) is 9.84 Å². The molecule has 3 aromatic rings. The second kappa shape index (κ2) is 7.36. The van der Waals surface area contributed by atoms with Gasteiger partial charge >= 0.3 is 0 Å². The monoisotopic (exact) mass is 426 g/mol. The average molecular weight is 427 g/mol. The number of halogens is 2. The maximum Gasteiger partial charge on any atom is 0.257 e. The number of hydrogen-bond acceptors (Lipinski definition) is 5. The molecule has 26 heavy (non-hydrogen) atoms. The molecule has 0 bridgehead atoms. The number of anilines is 1. The first-order valence-electron chi connectivity index (χ1n) is 7.26. The molecule has 1 heterocycles. The van der Waals surface area contributed by atoms with E-state index in [4.69, 9.17) is 23.2 Å². The molecule has 134 valence electrons. The second-order valence-electron chi connectivity index (χ2n) is 5.42. The highest BCUT2D eigenvalue weighted by Gasteiger charge is 2.14. The van der Waals surface area contributed by atoms with E-state index in [0.29, 0.717) is 26.4 Å². The Morgan fingerprint density at radius 3 is 2.65 bits per heavy atom. The lowest BCUT2D eigenvalue weighted by Gasteiger charge is -2.04. The molecule has 0 spiro atoms. The van der Waals surface area contributed by atoms with Crippen molar-refractivity contribution in [3.8, 4) is 11.3 Å². The Labute approximate surface area is 164 Å². The largest absolute Gasteiger partial charge is 0.298 e. The average Bonchev–Trinajstić information content (AvgIpc) is 3.04. The van der Waals surface area contributed by atoms with Gasteiger partial charge in [0.2, 0.25) is 0 Å². The van der Waals surface area contributed by atoms with Gasteiger partial charge in [-0.2, -0.15) is 0 Å². The summed E-state index contributed by atoms with van der Waals surface area (Å²) in [5, 5.41) is 5.80. The Hall–Kier alpha value is -1.93. The molecule has 5 nitrogen and oxygen atoms in total. The van der Waals surface area contributed by atoms with Gasteiger partial charge in [-0.15, -0.1) is 11.3 Å². The van der Waals surface area contributed by atoms with E-state index in [-0.39, 0.29) is 10.5 Å². The van der Waals surface area contributed by atoms with Gasteiger partial charge in [0.05, 0.1) is 15.6 Å². The third kappa shape index (κ3) is 4.24. The molecular weight excluding hydrogens is 415 g/mol. The molecule has 0 saturated carbocycles. The number of carbonyl (C=O) groups excluding carboxylic acids is 1. The summed E-state index contributed by atoms with van der Waals surface area (Å²) in [5.74, 6) is -0.450. The predicted molar refractivity (Wildman–Crippen MR) is 105 cm³/mol. The van der Waals surface area contributed by atoms with E-state index in [1.807, 2.05) is 0 Å². The molecule has 0 saturated heterocycles. The van der Waals surface area contributed by atoms with E-state index in [2.05, 4.69) is 10.3 Å². The van der Waals surface area contributed by atoms with Crippen LogP contribution in [0.4, 0.5) is 5.13 Å². The molecule has 0 aliphatic rings. The van der Waals surface area contributed by atoms with Gasteiger partial charge in [0.15, 0.2) is 15.0 Å². The minimum atomic E-state index is -3.39. The minimum Gasteiger partial charge on any atom is -0.298 e. The van der Waals surface area contributed by atoms with E-state index in [1.165, 1.54) is 35.6 Å². The Morgan fingerprint density at radius 2 is 1.92 bits per heavy atom. The van der Waals surface area contributed by atoms with Crippen LogP contribution in [0, 0.1) is 0 Å². The Kier molecular flexibility index (Phi) is 5.34. The fraction of sp³-hybridized carbons (Fsp3) is 0.0588. The quantitative estimate of drug-likeness (QED) is 0.651. The molecule has 1 amide bonds. The summed E-state index contributed by atoms with van der Waals surface area (Å²) in [4.78, 5) is 16.8. The molecule has 9 heteroatoms. The fourth-order valence-electron chi connectivity index (χ4n) is 2.19. The molecule has 1 N–H and O–H groups in total. The van der Waals surface area contributed by atoms with Gasteiger partial charge in [-0.3, -0.25) is 10.1 Å². The van der Waals surface area contributed by atoms with Gasteiger partial charge in [-0.1, -0.05) is 29.3 Å². The van der Waals surface area contributed by atoms with Crippen LogP contribution in [0.2, 0.25) is 10.0 Å². The van der Waals surface area contributed by atoms with Crippen molar-refractivity contribution < 1.29 is 13.2 Å². The van der Waals surface area contributed by atoms with Gasteiger partial charge in [0.25, 0.3) is 5.91 Å². The first kappa shape index (κ1) is 18.8. The van der Waals surface area contributed by atoms with Crippen LogP contribution < -0.4 is 5.32 Å². The van der Waals surface area contributed by atoms with Crippen LogP contribution in [0.25, 0.3) is 11.3 Å². The number of aromatic nitrogens is 1. The summed E-state index contributed by atoms with van der Waals surface area (Å²) in [5.41, 5.74) is 1.48. The van der Waals surface area contributed by atoms with Crippen LogP contribution in [-0.4, -0.2) is 25.6 Å². The fourth-order valence-corrected chi connectivity index (χ4v) is 3.94. The van der Waals surface area contributed by atoms with Crippen molar-refractivity contribution in [2.75, 3.05) is 11.6 Å². The van der Waals surface area contributed by atoms with Crippen LogP contribution in [0.1, 0.15) is 10.4 Å². The molecule has 0 radical (unpaired) electrons. The second-order valence-corrected chi connectivity index (χ2v) is 9.13. The zero-order chi connectivity index (χ0) is 18.9. The molecular formula is C17H12Cl2N2O3S2. The number of nitrogens with one attached hydrogen (secondary N) is 1. The summed E-state index contributed by atoms with van der Waals surface area (Å²) in [6.07, 6.45) is 1.09. The van der Waals surface area contributed by atoms with Crippen molar-refractivity contribution in [1.29, 1.82) is 0 Å². The SMILES string of the molecule is CS(=O)(=O)c1cccc(C(=O)Nc2nc(-c3cc(Cl)ccc3Cl)cs2)c1. The third-order valence-electron chi connectivity index (χ3n) is 3.45. The summed E-state index contributed by atoms with van der Waals surface area (Å²) in [7, 11) is -3.39. The lowest BCUT2D eigenvalue weighted by molar-refractivity contribution is 0.102. The molecule has 3 rings (SSSR count). The van der Waals surface area contributed by atoms with E-state index in [0.717, 1.165) is 6.26 Å². The van der Waals surface area contributed by atoms with Crippen molar-refractivity contribution in [2.24, 2.45) is 0 Å². The Morgan fingerprint density at radius 1 is 1.15 bits per heavy atom. The minimum absolute atomic E-state index is 0.0793. The van der Waals surface area contributed by atoms with Crippen molar-refractivity contribution in [3.63, 3.8) is 0 Å². The number of amides is 1. The number of sulfone groups is 1. The highest BCUT2D eigenvalue weighted by atomic mass is 35.5. The Bertz CT molecular complexity index is 1090. The van der Waals surface area contributed by atoms with Crippen molar-refractivity contribution >= 4 is 55.4 Å². The van der Waals surface area contributed by atoms with Crippen LogP contribution in [0.5, 0.6) is 0 Å². The standard InChI is InChI=1S/C17H12Cl2N2O3S2/c1-26(23,24)12-4-2-3-10(7-12)16(22)21-17-20-15(9-25-17)13-8-11(18)5-6-14(13)19/h2-9H,1H3,(H,20,21,22). The number of hydrogen-bond donors (Lipinski definition) is 1.